The van der Waals surface area contributed by atoms with E-state index in [9.17, 15) is 4.79 Å². The highest BCUT2D eigenvalue weighted by Crippen LogP contribution is 2.28. The van der Waals surface area contributed by atoms with Gasteiger partial charge in [0.05, 0.1) is 19.8 Å². The van der Waals surface area contributed by atoms with Crippen LogP contribution in [0.15, 0.2) is 84.9 Å². The van der Waals surface area contributed by atoms with Crippen LogP contribution in [0.3, 0.4) is 0 Å². The molecule has 0 aliphatic carbocycles. The fourth-order valence-corrected chi connectivity index (χ4v) is 4.59. The molecule has 1 atom stereocenters. The van der Waals surface area contributed by atoms with E-state index < -0.39 is 0 Å². The number of para-hydroxylation sites is 2. The summed E-state index contributed by atoms with van der Waals surface area (Å²) in [5.74, 6) is 1.09. The monoisotopic (exact) mass is 430 g/mol. The van der Waals surface area contributed by atoms with Crippen molar-refractivity contribution in [3.63, 3.8) is 0 Å². The van der Waals surface area contributed by atoms with Crippen LogP contribution < -0.4 is 14.5 Å². The molecule has 1 aliphatic heterocycles. The van der Waals surface area contributed by atoms with E-state index in [2.05, 4.69) is 66.5 Å². The summed E-state index contributed by atoms with van der Waals surface area (Å²) >= 11 is 0. The Morgan fingerprint density at radius 1 is 0.844 bits per heavy atom. The summed E-state index contributed by atoms with van der Waals surface area (Å²) in [6.45, 7) is 3.54. The SMILES string of the molecule is COc1ccccc1N1CCN(C(=O)C[NH+](C)C(c2ccccc2)c2ccccc2)CC1. The van der Waals surface area contributed by atoms with E-state index in [1.807, 2.05) is 35.2 Å². The number of quaternary nitrogens is 1. The number of piperazine rings is 1. The highest BCUT2D eigenvalue weighted by Gasteiger charge is 2.29. The van der Waals surface area contributed by atoms with E-state index in [0.29, 0.717) is 6.54 Å². The van der Waals surface area contributed by atoms with Gasteiger partial charge in [-0.25, -0.2) is 0 Å². The van der Waals surface area contributed by atoms with Crippen molar-refractivity contribution in [3.05, 3.63) is 96.1 Å². The zero-order valence-electron chi connectivity index (χ0n) is 18.9. The number of carbonyl (C=O) groups is 1. The van der Waals surface area contributed by atoms with Crippen LogP contribution in [0.5, 0.6) is 5.75 Å². The topological polar surface area (TPSA) is 37.2 Å². The number of likely N-dealkylation sites (N-methyl/N-ethyl adjacent to an activating group) is 1. The third-order valence-corrected chi connectivity index (χ3v) is 6.25. The number of hydrogen-bond donors (Lipinski definition) is 1. The molecule has 1 unspecified atom stereocenters. The van der Waals surface area contributed by atoms with Crippen molar-refractivity contribution in [1.29, 1.82) is 0 Å². The van der Waals surface area contributed by atoms with E-state index in [1.165, 1.54) is 16.0 Å². The normalized spacial score (nSPS) is 15.0. The summed E-state index contributed by atoms with van der Waals surface area (Å²) < 4.78 is 5.51. The van der Waals surface area contributed by atoms with Gasteiger partial charge in [0.25, 0.3) is 5.91 Å². The van der Waals surface area contributed by atoms with Crippen LogP contribution in [0.1, 0.15) is 17.2 Å². The fourth-order valence-electron chi connectivity index (χ4n) is 4.59. The Balaban J connectivity index is 1.42. The number of ether oxygens (including phenoxy) is 1. The Bertz CT molecular complexity index is 962. The smallest absolute Gasteiger partial charge is 0.277 e. The van der Waals surface area contributed by atoms with Crippen molar-refractivity contribution in [2.45, 2.75) is 6.04 Å². The second kappa shape index (κ2) is 10.3. The van der Waals surface area contributed by atoms with Gasteiger partial charge in [-0.2, -0.15) is 0 Å². The standard InChI is InChI=1S/C27H31N3O2/c1-28(27(22-11-5-3-6-12-22)23-13-7-4-8-14-23)21-26(31)30-19-17-29(18-20-30)24-15-9-10-16-25(24)32-2/h3-16,27H,17-21H2,1-2H3/p+1. The van der Waals surface area contributed by atoms with Gasteiger partial charge in [-0.3, -0.25) is 4.79 Å². The molecular formula is C27H32N3O2+. The first-order valence-electron chi connectivity index (χ1n) is 11.3. The minimum atomic E-state index is 0.121. The number of hydrogen-bond acceptors (Lipinski definition) is 3. The van der Waals surface area contributed by atoms with Crippen LogP contribution in [-0.4, -0.2) is 57.7 Å². The Hall–Kier alpha value is -3.31. The van der Waals surface area contributed by atoms with Crippen LogP contribution in [0.4, 0.5) is 5.69 Å². The summed E-state index contributed by atoms with van der Waals surface area (Å²) in [5, 5.41) is 0. The number of nitrogens with one attached hydrogen (secondary N) is 1. The molecule has 0 radical (unpaired) electrons. The average molecular weight is 431 g/mol. The van der Waals surface area contributed by atoms with Crippen LogP contribution in [-0.2, 0) is 4.79 Å². The number of amides is 1. The van der Waals surface area contributed by atoms with E-state index in [1.54, 1.807) is 7.11 Å². The third kappa shape index (κ3) is 4.94. The molecule has 4 rings (SSSR count). The predicted molar refractivity (Wildman–Crippen MR) is 128 cm³/mol. The lowest BCUT2D eigenvalue weighted by Crippen LogP contribution is -3.10. The number of benzene rings is 3. The number of rotatable bonds is 7. The molecule has 166 valence electrons. The van der Waals surface area contributed by atoms with E-state index in [0.717, 1.165) is 37.6 Å². The van der Waals surface area contributed by atoms with Gasteiger partial charge in [-0.1, -0.05) is 72.8 Å². The second-order valence-corrected chi connectivity index (χ2v) is 8.32. The lowest BCUT2D eigenvalue weighted by Gasteiger charge is -2.37. The van der Waals surface area contributed by atoms with Crippen molar-refractivity contribution < 1.29 is 14.4 Å². The third-order valence-electron chi connectivity index (χ3n) is 6.25. The maximum atomic E-state index is 13.2. The highest BCUT2D eigenvalue weighted by molar-refractivity contribution is 5.77. The maximum Gasteiger partial charge on any atom is 0.277 e. The molecule has 1 N–H and O–H groups in total. The van der Waals surface area contributed by atoms with Gasteiger partial charge in [0.15, 0.2) is 6.54 Å². The first-order chi connectivity index (χ1) is 15.7. The molecule has 3 aromatic rings. The van der Waals surface area contributed by atoms with Crippen molar-refractivity contribution in [1.82, 2.24) is 4.90 Å². The molecule has 1 heterocycles. The quantitative estimate of drug-likeness (QED) is 0.626. The molecule has 1 aliphatic rings. The van der Waals surface area contributed by atoms with E-state index in [4.69, 9.17) is 4.74 Å². The lowest BCUT2D eigenvalue weighted by atomic mass is 9.97. The van der Waals surface area contributed by atoms with Crippen LogP contribution in [0.25, 0.3) is 0 Å². The van der Waals surface area contributed by atoms with Gasteiger partial charge in [-0.15, -0.1) is 0 Å². The molecular weight excluding hydrogens is 398 g/mol. The van der Waals surface area contributed by atoms with Gasteiger partial charge in [0.1, 0.15) is 11.8 Å². The van der Waals surface area contributed by atoms with Crippen molar-refractivity contribution >= 4 is 11.6 Å². The molecule has 0 saturated carbocycles. The zero-order chi connectivity index (χ0) is 22.3. The first kappa shape index (κ1) is 21.9. The molecule has 1 fully saturated rings. The Labute approximate surface area is 190 Å². The van der Waals surface area contributed by atoms with E-state index >= 15 is 0 Å². The molecule has 32 heavy (non-hydrogen) atoms. The largest absolute Gasteiger partial charge is 0.495 e. The van der Waals surface area contributed by atoms with Gasteiger partial charge in [0, 0.05) is 37.3 Å². The van der Waals surface area contributed by atoms with Gasteiger partial charge < -0.3 is 19.4 Å². The zero-order valence-corrected chi connectivity index (χ0v) is 18.9. The number of methoxy groups -OCH3 is 1. The molecule has 5 heteroatoms. The lowest BCUT2D eigenvalue weighted by molar-refractivity contribution is -0.898. The maximum absolute atomic E-state index is 13.2. The Kier molecular flexibility index (Phi) is 7.07. The van der Waals surface area contributed by atoms with Gasteiger partial charge in [0.2, 0.25) is 0 Å². The molecule has 0 spiro atoms. The predicted octanol–water partition coefficient (Wildman–Crippen LogP) is 2.65. The minimum Gasteiger partial charge on any atom is -0.495 e. The summed E-state index contributed by atoms with van der Waals surface area (Å²) in [6, 6.07) is 29.1. The summed E-state index contributed by atoms with van der Waals surface area (Å²) in [7, 11) is 3.82. The van der Waals surface area contributed by atoms with Crippen LogP contribution in [0.2, 0.25) is 0 Å². The van der Waals surface area contributed by atoms with Crippen molar-refractivity contribution in [3.8, 4) is 5.75 Å². The Morgan fingerprint density at radius 3 is 1.94 bits per heavy atom. The Morgan fingerprint density at radius 2 is 1.38 bits per heavy atom. The fraction of sp³-hybridized carbons (Fsp3) is 0.296. The van der Waals surface area contributed by atoms with Crippen molar-refractivity contribution in [2.75, 3.05) is 51.8 Å². The van der Waals surface area contributed by atoms with E-state index in [-0.39, 0.29) is 11.9 Å². The van der Waals surface area contributed by atoms with Gasteiger partial charge >= 0.3 is 0 Å². The molecule has 5 nitrogen and oxygen atoms in total. The average Bonchev–Trinajstić information content (AvgIpc) is 2.85. The summed E-state index contributed by atoms with van der Waals surface area (Å²) in [6.07, 6.45) is 0. The van der Waals surface area contributed by atoms with Crippen LogP contribution in [0, 0.1) is 0 Å². The molecule has 0 aromatic heterocycles. The second-order valence-electron chi connectivity index (χ2n) is 8.32. The number of anilines is 1. The molecule has 3 aromatic carbocycles. The summed E-state index contributed by atoms with van der Waals surface area (Å²) in [5.41, 5.74) is 3.55. The highest BCUT2D eigenvalue weighted by atomic mass is 16.5. The molecule has 0 bridgehead atoms. The van der Waals surface area contributed by atoms with Crippen LogP contribution >= 0.6 is 0 Å². The molecule has 1 saturated heterocycles. The molecule has 1 amide bonds. The van der Waals surface area contributed by atoms with Gasteiger partial charge in [-0.05, 0) is 12.1 Å². The number of carbonyl (C=O) groups excluding carboxylic acids is 1. The minimum absolute atomic E-state index is 0.121. The van der Waals surface area contributed by atoms with Crippen molar-refractivity contribution in [2.24, 2.45) is 0 Å². The number of nitrogens with zero attached hydrogens (tertiary/aromatic N) is 2. The first-order valence-corrected chi connectivity index (χ1v) is 11.3. The summed E-state index contributed by atoms with van der Waals surface area (Å²) in [4.78, 5) is 18.7.